The van der Waals surface area contributed by atoms with E-state index in [0.29, 0.717) is 12.2 Å². The van der Waals surface area contributed by atoms with Crippen LogP contribution < -0.4 is 5.73 Å². The zero-order valence-corrected chi connectivity index (χ0v) is 13.4. The minimum atomic E-state index is -0.117. The van der Waals surface area contributed by atoms with Gasteiger partial charge in [-0.2, -0.15) is 11.8 Å². The lowest BCUT2D eigenvalue weighted by atomic mass is 10.1. The Balaban J connectivity index is 1.58. The Morgan fingerprint density at radius 3 is 3.05 bits per heavy atom. The number of nitrogens with two attached hydrogens (primary N) is 1. The van der Waals surface area contributed by atoms with Crippen LogP contribution in [0.2, 0.25) is 0 Å². The molecule has 0 bridgehead atoms. The number of nitrogen functional groups attached to an aromatic ring is 1. The van der Waals surface area contributed by atoms with Gasteiger partial charge in [-0.25, -0.2) is 9.97 Å². The molecule has 0 amide bonds. The molecular formula is C14H17N3O2S2. The van der Waals surface area contributed by atoms with Crippen LogP contribution in [0.1, 0.15) is 25.1 Å². The molecule has 21 heavy (non-hydrogen) atoms. The molecule has 2 heterocycles. The number of aromatic nitrogens is 2. The van der Waals surface area contributed by atoms with Crippen molar-refractivity contribution in [1.82, 2.24) is 9.97 Å². The highest BCUT2D eigenvalue weighted by molar-refractivity contribution is 7.98. The van der Waals surface area contributed by atoms with E-state index in [-0.39, 0.29) is 11.4 Å². The summed E-state index contributed by atoms with van der Waals surface area (Å²) in [5.74, 6) is 2.86. The van der Waals surface area contributed by atoms with E-state index < -0.39 is 0 Å². The molecule has 0 spiro atoms. The van der Waals surface area contributed by atoms with Gasteiger partial charge in [0, 0.05) is 0 Å². The van der Waals surface area contributed by atoms with Gasteiger partial charge < -0.3 is 10.5 Å². The molecular weight excluding hydrogens is 306 g/mol. The standard InChI is InChI=1S/C14H17N3O2S2/c1-19-11(18)6-14(3-4-14)8-20-7-10-16-12(15)9-2-5-21-13(9)17-10/h2,5H,3-4,6-8H2,1H3,(H2,15,16,17). The number of nitrogens with zero attached hydrogens (tertiary/aromatic N) is 2. The van der Waals surface area contributed by atoms with E-state index in [4.69, 9.17) is 10.5 Å². The largest absolute Gasteiger partial charge is 0.469 e. The van der Waals surface area contributed by atoms with Crippen molar-refractivity contribution in [3.05, 3.63) is 17.3 Å². The molecule has 7 heteroatoms. The number of esters is 1. The number of fused-ring (bicyclic) bond motifs is 1. The number of anilines is 1. The SMILES string of the molecule is COC(=O)CC1(CSCc2nc(N)c3ccsc3n2)CC1. The van der Waals surface area contributed by atoms with Crippen LogP contribution in [0, 0.1) is 5.41 Å². The van der Waals surface area contributed by atoms with Gasteiger partial charge >= 0.3 is 5.97 Å². The Labute approximate surface area is 131 Å². The lowest BCUT2D eigenvalue weighted by molar-refractivity contribution is -0.141. The fourth-order valence-corrected chi connectivity index (χ4v) is 4.30. The summed E-state index contributed by atoms with van der Waals surface area (Å²) in [6, 6.07) is 1.95. The highest BCUT2D eigenvalue weighted by Gasteiger charge is 2.44. The van der Waals surface area contributed by atoms with Gasteiger partial charge in [0.05, 0.1) is 24.7 Å². The zero-order chi connectivity index (χ0) is 14.9. The van der Waals surface area contributed by atoms with Crippen LogP contribution in [0.4, 0.5) is 5.82 Å². The van der Waals surface area contributed by atoms with E-state index in [1.807, 2.05) is 11.4 Å². The van der Waals surface area contributed by atoms with Gasteiger partial charge in [-0.15, -0.1) is 11.3 Å². The number of hydrogen-bond donors (Lipinski definition) is 1. The molecule has 1 aliphatic rings. The summed E-state index contributed by atoms with van der Waals surface area (Å²) in [5.41, 5.74) is 6.08. The van der Waals surface area contributed by atoms with Crippen LogP contribution in [0.15, 0.2) is 11.4 Å². The second kappa shape index (κ2) is 5.81. The Hall–Kier alpha value is -1.34. The van der Waals surface area contributed by atoms with Gasteiger partial charge in [0.15, 0.2) is 0 Å². The quantitative estimate of drug-likeness (QED) is 0.824. The van der Waals surface area contributed by atoms with Crippen molar-refractivity contribution in [1.29, 1.82) is 0 Å². The molecule has 5 nitrogen and oxygen atoms in total. The molecule has 0 aromatic carbocycles. The van der Waals surface area contributed by atoms with Crippen molar-refractivity contribution in [2.75, 3.05) is 18.6 Å². The Morgan fingerprint density at radius 2 is 2.33 bits per heavy atom. The number of carbonyl (C=O) groups excluding carboxylic acids is 1. The molecule has 0 radical (unpaired) electrons. The summed E-state index contributed by atoms with van der Waals surface area (Å²) in [5, 5.41) is 2.90. The van der Waals surface area contributed by atoms with Gasteiger partial charge in [-0.1, -0.05) is 0 Å². The summed E-state index contributed by atoms with van der Waals surface area (Å²) in [6.07, 6.45) is 2.72. The normalized spacial score (nSPS) is 16.0. The van der Waals surface area contributed by atoms with E-state index in [2.05, 4.69) is 9.97 Å². The predicted molar refractivity (Wildman–Crippen MR) is 86.3 cm³/mol. The number of carbonyl (C=O) groups is 1. The molecule has 1 aliphatic carbocycles. The lowest BCUT2D eigenvalue weighted by Crippen LogP contribution is -2.13. The third kappa shape index (κ3) is 3.29. The van der Waals surface area contributed by atoms with Crippen molar-refractivity contribution in [3.8, 4) is 0 Å². The Morgan fingerprint density at radius 1 is 1.52 bits per heavy atom. The van der Waals surface area contributed by atoms with Gasteiger partial charge in [-0.3, -0.25) is 4.79 Å². The summed E-state index contributed by atoms with van der Waals surface area (Å²) >= 11 is 3.34. The molecule has 1 fully saturated rings. The fourth-order valence-electron chi connectivity index (χ4n) is 2.27. The average molecular weight is 323 g/mol. The van der Waals surface area contributed by atoms with Gasteiger partial charge in [0.2, 0.25) is 0 Å². The molecule has 112 valence electrons. The smallest absolute Gasteiger partial charge is 0.306 e. The van der Waals surface area contributed by atoms with Crippen LogP contribution in [0.3, 0.4) is 0 Å². The maximum atomic E-state index is 11.4. The fraction of sp³-hybridized carbons (Fsp3) is 0.500. The van der Waals surface area contributed by atoms with Gasteiger partial charge in [-0.05, 0) is 35.5 Å². The van der Waals surface area contributed by atoms with E-state index in [0.717, 1.165) is 40.4 Å². The highest BCUT2D eigenvalue weighted by atomic mass is 32.2. The van der Waals surface area contributed by atoms with E-state index >= 15 is 0 Å². The maximum absolute atomic E-state index is 11.4. The minimum absolute atomic E-state index is 0.117. The van der Waals surface area contributed by atoms with E-state index in [9.17, 15) is 4.79 Å². The summed E-state index contributed by atoms with van der Waals surface area (Å²) < 4.78 is 4.76. The number of ether oxygens (including phenoxy) is 1. The van der Waals surface area contributed by atoms with Crippen LogP contribution in [-0.2, 0) is 15.3 Å². The third-order valence-corrected chi connectivity index (χ3v) is 5.83. The number of methoxy groups -OCH3 is 1. The summed E-state index contributed by atoms with van der Waals surface area (Å²) in [7, 11) is 1.44. The first-order chi connectivity index (χ1) is 10.1. The Bertz CT molecular complexity index is 667. The second-order valence-electron chi connectivity index (χ2n) is 5.41. The number of thioether (sulfide) groups is 1. The second-order valence-corrected chi connectivity index (χ2v) is 7.29. The molecule has 1 saturated carbocycles. The average Bonchev–Trinajstić information content (AvgIpc) is 3.03. The summed E-state index contributed by atoms with van der Waals surface area (Å²) in [6.45, 7) is 0. The third-order valence-electron chi connectivity index (χ3n) is 3.74. The number of hydrogen-bond acceptors (Lipinski definition) is 7. The maximum Gasteiger partial charge on any atom is 0.306 e. The lowest BCUT2D eigenvalue weighted by Gasteiger charge is -2.12. The number of rotatable bonds is 6. The molecule has 0 saturated heterocycles. The predicted octanol–water partition coefficient (Wildman–Crippen LogP) is 2.85. The van der Waals surface area contributed by atoms with Crippen molar-refractivity contribution < 1.29 is 9.53 Å². The molecule has 0 unspecified atom stereocenters. The van der Waals surface area contributed by atoms with Crippen molar-refractivity contribution >= 4 is 45.1 Å². The molecule has 2 N–H and O–H groups in total. The summed E-state index contributed by atoms with van der Waals surface area (Å²) in [4.78, 5) is 21.2. The monoisotopic (exact) mass is 323 g/mol. The zero-order valence-electron chi connectivity index (χ0n) is 11.8. The number of thiophene rings is 1. The van der Waals surface area contributed by atoms with Crippen LogP contribution in [-0.4, -0.2) is 28.8 Å². The minimum Gasteiger partial charge on any atom is -0.469 e. The van der Waals surface area contributed by atoms with Crippen LogP contribution >= 0.6 is 23.1 Å². The highest BCUT2D eigenvalue weighted by Crippen LogP contribution is 2.51. The first-order valence-corrected chi connectivity index (χ1v) is 8.79. The first-order valence-electron chi connectivity index (χ1n) is 6.76. The van der Waals surface area contributed by atoms with E-state index in [1.54, 1.807) is 23.1 Å². The van der Waals surface area contributed by atoms with E-state index in [1.165, 1.54) is 7.11 Å². The molecule has 0 atom stereocenters. The van der Waals surface area contributed by atoms with Crippen molar-refractivity contribution in [2.24, 2.45) is 5.41 Å². The Kier molecular flexibility index (Phi) is 4.03. The van der Waals surface area contributed by atoms with Gasteiger partial charge in [0.25, 0.3) is 0 Å². The van der Waals surface area contributed by atoms with Crippen LogP contribution in [0.25, 0.3) is 10.2 Å². The molecule has 0 aliphatic heterocycles. The molecule has 2 aromatic rings. The van der Waals surface area contributed by atoms with Crippen molar-refractivity contribution in [3.63, 3.8) is 0 Å². The van der Waals surface area contributed by atoms with Gasteiger partial charge in [0.1, 0.15) is 16.5 Å². The van der Waals surface area contributed by atoms with Crippen LogP contribution in [0.5, 0.6) is 0 Å². The molecule has 3 rings (SSSR count). The first kappa shape index (κ1) is 14.6. The topological polar surface area (TPSA) is 78.1 Å². The molecule has 2 aromatic heterocycles. The van der Waals surface area contributed by atoms with Crippen molar-refractivity contribution in [2.45, 2.75) is 25.0 Å².